The van der Waals surface area contributed by atoms with Crippen LogP contribution in [0.4, 0.5) is 0 Å². The van der Waals surface area contributed by atoms with Crippen LogP contribution < -0.4 is 0 Å². The van der Waals surface area contributed by atoms with Gasteiger partial charge in [-0.1, -0.05) is 54.6 Å². The first kappa shape index (κ1) is 19.3. The van der Waals surface area contributed by atoms with Crippen molar-refractivity contribution in [2.24, 2.45) is 0 Å². The van der Waals surface area contributed by atoms with E-state index in [0.29, 0.717) is 12.8 Å². The molecule has 0 saturated carbocycles. The predicted octanol–water partition coefficient (Wildman–Crippen LogP) is 3.62. The second-order valence-electron chi connectivity index (χ2n) is 6.68. The van der Waals surface area contributed by atoms with Gasteiger partial charge in [0.1, 0.15) is 0 Å². The minimum atomic E-state index is -3.82. The topological polar surface area (TPSA) is 63.7 Å². The molecule has 1 aliphatic heterocycles. The largest absolute Gasteiger partial charge is 0.466 e. The van der Waals surface area contributed by atoms with Gasteiger partial charge in [-0.05, 0) is 37.5 Å². The van der Waals surface area contributed by atoms with Crippen molar-refractivity contribution in [3.05, 3.63) is 77.9 Å². The molecule has 0 aliphatic carbocycles. The van der Waals surface area contributed by atoms with Crippen LogP contribution in [0.15, 0.2) is 71.6 Å². The molecule has 1 aliphatic rings. The molecule has 2 aromatic rings. The smallest absolute Gasteiger partial charge is 0.334 e. The number of carbonyl (C=O) groups excluding carboxylic acids is 1. The lowest BCUT2D eigenvalue weighted by molar-refractivity contribution is -0.136. The third kappa shape index (κ3) is 3.68. The summed E-state index contributed by atoms with van der Waals surface area (Å²) in [6, 6.07) is 15.2. The fourth-order valence-corrected chi connectivity index (χ4v) is 5.39. The van der Waals surface area contributed by atoms with E-state index in [0.717, 1.165) is 11.1 Å². The molecule has 0 unspecified atom stereocenters. The van der Waals surface area contributed by atoms with Crippen molar-refractivity contribution in [3.8, 4) is 0 Å². The first-order valence-electron chi connectivity index (χ1n) is 8.78. The maximum absolute atomic E-state index is 13.5. The average molecular weight is 385 g/mol. The lowest BCUT2D eigenvalue weighted by atomic mass is 10.0. The van der Waals surface area contributed by atoms with Crippen molar-refractivity contribution in [2.45, 2.75) is 36.7 Å². The summed E-state index contributed by atoms with van der Waals surface area (Å²) in [6.07, 6.45) is 1.12. The fourth-order valence-electron chi connectivity index (χ4n) is 3.54. The molecule has 6 heteroatoms. The Balaban J connectivity index is 2.08. The van der Waals surface area contributed by atoms with Crippen LogP contribution in [0.2, 0.25) is 0 Å². The zero-order valence-corrected chi connectivity index (χ0v) is 16.3. The van der Waals surface area contributed by atoms with Crippen molar-refractivity contribution in [3.63, 3.8) is 0 Å². The van der Waals surface area contributed by atoms with Crippen LogP contribution in [-0.4, -0.2) is 31.8 Å². The van der Waals surface area contributed by atoms with E-state index in [1.807, 2.05) is 37.3 Å². The van der Waals surface area contributed by atoms with Gasteiger partial charge in [-0.2, -0.15) is 4.31 Å². The normalized spacial score (nSPS) is 20.4. The number of rotatable bonds is 5. The lowest BCUT2D eigenvalue weighted by Crippen LogP contribution is -2.39. The van der Waals surface area contributed by atoms with Crippen molar-refractivity contribution in [1.29, 1.82) is 0 Å². The molecule has 0 N–H and O–H groups in total. The van der Waals surface area contributed by atoms with Crippen LogP contribution in [0.5, 0.6) is 0 Å². The lowest BCUT2D eigenvalue weighted by Gasteiger charge is -2.30. The Kier molecular flexibility index (Phi) is 5.48. The molecular weight excluding hydrogens is 362 g/mol. The van der Waals surface area contributed by atoms with Gasteiger partial charge in [0.25, 0.3) is 0 Å². The summed E-state index contributed by atoms with van der Waals surface area (Å²) in [5, 5.41) is 0. The molecule has 27 heavy (non-hydrogen) atoms. The van der Waals surface area contributed by atoms with Crippen molar-refractivity contribution >= 4 is 16.0 Å². The van der Waals surface area contributed by atoms with Crippen LogP contribution in [0.1, 0.15) is 30.0 Å². The molecule has 2 atom stereocenters. The van der Waals surface area contributed by atoms with Gasteiger partial charge in [-0.3, -0.25) is 0 Å². The number of methoxy groups -OCH3 is 1. The first-order chi connectivity index (χ1) is 12.9. The number of hydrogen-bond donors (Lipinski definition) is 0. The molecule has 1 fully saturated rings. The van der Waals surface area contributed by atoms with Crippen LogP contribution in [-0.2, 0) is 19.6 Å². The van der Waals surface area contributed by atoms with Crippen LogP contribution in [0, 0.1) is 6.92 Å². The Bertz CT molecular complexity index is 936. The van der Waals surface area contributed by atoms with Gasteiger partial charge in [0, 0.05) is 5.57 Å². The van der Waals surface area contributed by atoms with Crippen LogP contribution in [0.3, 0.4) is 0 Å². The maximum Gasteiger partial charge on any atom is 0.334 e. The van der Waals surface area contributed by atoms with Gasteiger partial charge in [0.2, 0.25) is 10.0 Å². The number of carbonyl (C=O) groups is 1. The number of hydrogen-bond acceptors (Lipinski definition) is 4. The standard InChI is InChI=1S/C21H23NO4S/c1-15-9-11-18(12-10-15)27(24,25)22-19(16(2)21(23)26-3)13-14-20(22)17-7-5-4-6-8-17/h4-12,19-20H,2,13-14H2,1,3H3/t19-,20-/m1/s1. The molecule has 5 nitrogen and oxygen atoms in total. The summed E-state index contributed by atoms with van der Waals surface area (Å²) >= 11 is 0. The van der Waals surface area contributed by atoms with Gasteiger partial charge < -0.3 is 4.74 Å². The second-order valence-corrected chi connectivity index (χ2v) is 8.53. The fraction of sp³-hybridized carbons (Fsp3) is 0.286. The van der Waals surface area contributed by atoms with Crippen LogP contribution in [0.25, 0.3) is 0 Å². The Morgan fingerprint density at radius 3 is 2.30 bits per heavy atom. The van der Waals surface area contributed by atoms with E-state index >= 15 is 0 Å². The first-order valence-corrected chi connectivity index (χ1v) is 10.2. The average Bonchev–Trinajstić information content (AvgIpc) is 3.13. The Labute approximate surface area is 160 Å². The molecule has 1 heterocycles. The highest BCUT2D eigenvalue weighted by Gasteiger charge is 2.45. The van der Waals surface area contributed by atoms with Crippen molar-refractivity contribution in [1.82, 2.24) is 4.31 Å². The number of nitrogens with zero attached hydrogens (tertiary/aromatic N) is 1. The number of sulfonamides is 1. The summed E-state index contributed by atoms with van der Waals surface area (Å²) < 4.78 is 33.2. The molecule has 0 amide bonds. The van der Waals surface area contributed by atoms with Crippen molar-refractivity contribution < 1.29 is 17.9 Å². The third-order valence-electron chi connectivity index (χ3n) is 4.96. The number of ether oxygens (including phenoxy) is 1. The van der Waals surface area contributed by atoms with E-state index in [9.17, 15) is 13.2 Å². The number of aryl methyl sites for hydroxylation is 1. The van der Waals surface area contributed by atoms with E-state index in [2.05, 4.69) is 6.58 Å². The summed E-state index contributed by atoms with van der Waals surface area (Å²) in [6.45, 7) is 5.73. The Morgan fingerprint density at radius 1 is 1.07 bits per heavy atom. The summed E-state index contributed by atoms with van der Waals surface area (Å²) in [4.78, 5) is 12.3. The van der Waals surface area contributed by atoms with Gasteiger partial charge in [0.05, 0.1) is 24.1 Å². The summed E-state index contributed by atoms with van der Waals surface area (Å²) in [5.41, 5.74) is 2.03. The van der Waals surface area contributed by atoms with Gasteiger partial charge in [-0.15, -0.1) is 0 Å². The monoisotopic (exact) mass is 385 g/mol. The molecule has 0 bridgehead atoms. The van der Waals surface area contributed by atoms with E-state index in [-0.39, 0.29) is 16.5 Å². The molecule has 3 rings (SSSR count). The minimum Gasteiger partial charge on any atom is -0.466 e. The van der Waals surface area contributed by atoms with E-state index < -0.39 is 22.0 Å². The molecule has 0 spiro atoms. The highest BCUT2D eigenvalue weighted by molar-refractivity contribution is 7.89. The van der Waals surface area contributed by atoms with Crippen LogP contribution >= 0.6 is 0 Å². The molecule has 2 aromatic carbocycles. The zero-order chi connectivity index (χ0) is 19.6. The van der Waals surface area contributed by atoms with Gasteiger partial charge in [-0.25, -0.2) is 13.2 Å². The molecule has 0 aromatic heterocycles. The second kappa shape index (κ2) is 7.66. The molecular formula is C21H23NO4S. The zero-order valence-electron chi connectivity index (χ0n) is 15.5. The van der Waals surface area contributed by atoms with E-state index in [1.165, 1.54) is 11.4 Å². The van der Waals surface area contributed by atoms with Gasteiger partial charge >= 0.3 is 5.97 Å². The minimum absolute atomic E-state index is 0.159. The van der Waals surface area contributed by atoms with Gasteiger partial charge in [0.15, 0.2) is 0 Å². The SMILES string of the molecule is C=C(C(=O)OC)[C@H]1CC[C@H](c2ccccc2)N1S(=O)(=O)c1ccc(C)cc1. The molecule has 0 radical (unpaired) electrons. The molecule has 142 valence electrons. The predicted molar refractivity (Wildman–Crippen MR) is 104 cm³/mol. The Hall–Kier alpha value is -2.44. The number of esters is 1. The van der Waals surface area contributed by atoms with E-state index in [1.54, 1.807) is 24.3 Å². The number of benzene rings is 2. The Morgan fingerprint density at radius 2 is 1.70 bits per heavy atom. The van der Waals surface area contributed by atoms with E-state index in [4.69, 9.17) is 4.74 Å². The maximum atomic E-state index is 13.5. The summed E-state index contributed by atoms with van der Waals surface area (Å²) in [7, 11) is -2.55. The third-order valence-corrected chi connectivity index (χ3v) is 6.89. The highest BCUT2D eigenvalue weighted by Crippen LogP contribution is 2.42. The highest BCUT2D eigenvalue weighted by atomic mass is 32.2. The van der Waals surface area contributed by atoms with Crippen molar-refractivity contribution in [2.75, 3.05) is 7.11 Å². The molecule has 1 saturated heterocycles. The quantitative estimate of drug-likeness (QED) is 0.583. The summed E-state index contributed by atoms with van der Waals surface area (Å²) in [5.74, 6) is -0.585.